The van der Waals surface area contributed by atoms with Crippen LogP contribution in [0.25, 0.3) is 0 Å². The number of nitrogens with one attached hydrogen (secondary N) is 2. The van der Waals surface area contributed by atoms with Gasteiger partial charge in [0.1, 0.15) is 17.5 Å². The molecule has 2 aromatic rings. The minimum absolute atomic E-state index is 0.0186. The van der Waals surface area contributed by atoms with Crippen LogP contribution in [0.1, 0.15) is 24.1 Å². The Hall–Kier alpha value is -2.34. The standard InChI is InChI=1S/C18H19F3N2O/c1-12(15-7-6-14(19)10-17(15)21)23-11-18(24)22-9-8-13-4-2-3-5-16(13)20/h2-7,10,12,23H,8-9,11H2,1H3,(H,22,24)/t12-/m0/s1. The lowest BCUT2D eigenvalue weighted by molar-refractivity contribution is -0.120. The van der Waals surface area contributed by atoms with E-state index in [1.807, 2.05) is 0 Å². The number of benzene rings is 2. The van der Waals surface area contributed by atoms with Crippen molar-refractivity contribution in [2.24, 2.45) is 0 Å². The zero-order valence-electron chi connectivity index (χ0n) is 13.3. The first kappa shape index (κ1) is 18.0. The van der Waals surface area contributed by atoms with E-state index in [1.54, 1.807) is 25.1 Å². The lowest BCUT2D eigenvalue weighted by Gasteiger charge is -2.15. The van der Waals surface area contributed by atoms with Crippen molar-refractivity contribution in [1.82, 2.24) is 10.6 Å². The second kappa shape index (κ2) is 8.49. The summed E-state index contributed by atoms with van der Waals surface area (Å²) in [6, 6.07) is 9.27. The third kappa shape index (κ3) is 5.09. The molecule has 128 valence electrons. The Morgan fingerprint density at radius 1 is 1.08 bits per heavy atom. The molecule has 0 fully saturated rings. The fourth-order valence-corrected chi connectivity index (χ4v) is 2.31. The van der Waals surface area contributed by atoms with Gasteiger partial charge in [-0.05, 0) is 31.0 Å². The first-order valence-electron chi connectivity index (χ1n) is 7.66. The molecule has 0 heterocycles. The van der Waals surface area contributed by atoms with Gasteiger partial charge >= 0.3 is 0 Å². The molecule has 0 bridgehead atoms. The van der Waals surface area contributed by atoms with Crippen molar-refractivity contribution >= 4 is 5.91 Å². The molecule has 0 aliphatic rings. The number of carbonyl (C=O) groups excluding carboxylic acids is 1. The van der Waals surface area contributed by atoms with E-state index < -0.39 is 17.7 Å². The monoisotopic (exact) mass is 336 g/mol. The highest BCUT2D eigenvalue weighted by molar-refractivity contribution is 5.78. The van der Waals surface area contributed by atoms with E-state index in [0.29, 0.717) is 18.5 Å². The first-order chi connectivity index (χ1) is 11.5. The topological polar surface area (TPSA) is 41.1 Å². The maximum atomic E-state index is 13.6. The Morgan fingerprint density at radius 2 is 1.83 bits per heavy atom. The average Bonchev–Trinajstić information content (AvgIpc) is 2.54. The van der Waals surface area contributed by atoms with E-state index in [2.05, 4.69) is 10.6 Å². The minimum atomic E-state index is -0.657. The number of carbonyl (C=O) groups is 1. The maximum absolute atomic E-state index is 13.6. The van der Waals surface area contributed by atoms with E-state index in [1.165, 1.54) is 18.2 Å². The lowest BCUT2D eigenvalue weighted by Crippen LogP contribution is -2.36. The number of amides is 1. The van der Waals surface area contributed by atoms with Crippen LogP contribution in [-0.2, 0) is 11.2 Å². The van der Waals surface area contributed by atoms with Gasteiger partial charge in [-0.3, -0.25) is 4.79 Å². The second-order valence-electron chi connectivity index (χ2n) is 5.46. The number of hydrogen-bond donors (Lipinski definition) is 2. The van der Waals surface area contributed by atoms with Crippen molar-refractivity contribution in [3.05, 3.63) is 71.0 Å². The molecule has 3 nitrogen and oxygen atoms in total. The molecule has 2 N–H and O–H groups in total. The Balaban J connectivity index is 1.75. The predicted molar refractivity (Wildman–Crippen MR) is 85.9 cm³/mol. The third-order valence-electron chi connectivity index (χ3n) is 3.67. The van der Waals surface area contributed by atoms with Crippen molar-refractivity contribution < 1.29 is 18.0 Å². The molecule has 2 rings (SSSR count). The minimum Gasteiger partial charge on any atom is -0.355 e. The summed E-state index contributed by atoms with van der Waals surface area (Å²) >= 11 is 0. The summed E-state index contributed by atoms with van der Waals surface area (Å²) in [7, 11) is 0. The molecule has 1 amide bonds. The smallest absolute Gasteiger partial charge is 0.233 e. The van der Waals surface area contributed by atoms with Crippen LogP contribution in [0.15, 0.2) is 42.5 Å². The molecule has 0 unspecified atom stereocenters. The van der Waals surface area contributed by atoms with Gasteiger partial charge in [0.25, 0.3) is 0 Å². The van der Waals surface area contributed by atoms with Crippen LogP contribution < -0.4 is 10.6 Å². The van der Waals surface area contributed by atoms with Crippen molar-refractivity contribution in [1.29, 1.82) is 0 Å². The van der Waals surface area contributed by atoms with Gasteiger partial charge in [0.2, 0.25) is 5.91 Å². The molecule has 0 saturated carbocycles. The van der Waals surface area contributed by atoms with E-state index >= 15 is 0 Å². The summed E-state index contributed by atoms with van der Waals surface area (Å²) in [5.74, 6) is -1.88. The highest BCUT2D eigenvalue weighted by Crippen LogP contribution is 2.17. The third-order valence-corrected chi connectivity index (χ3v) is 3.67. The maximum Gasteiger partial charge on any atom is 0.233 e. The van der Waals surface area contributed by atoms with E-state index in [9.17, 15) is 18.0 Å². The van der Waals surface area contributed by atoms with Crippen molar-refractivity contribution in [3.63, 3.8) is 0 Å². The fourth-order valence-electron chi connectivity index (χ4n) is 2.31. The average molecular weight is 336 g/mol. The highest BCUT2D eigenvalue weighted by Gasteiger charge is 2.12. The van der Waals surface area contributed by atoms with Gasteiger partial charge in [-0.1, -0.05) is 24.3 Å². The van der Waals surface area contributed by atoms with Crippen LogP contribution in [0.4, 0.5) is 13.2 Å². The Morgan fingerprint density at radius 3 is 2.54 bits per heavy atom. The lowest BCUT2D eigenvalue weighted by atomic mass is 10.1. The molecule has 24 heavy (non-hydrogen) atoms. The van der Waals surface area contributed by atoms with Crippen LogP contribution in [0, 0.1) is 17.5 Å². The normalized spacial score (nSPS) is 12.0. The number of rotatable bonds is 7. The molecule has 0 spiro atoms. The predicted octanol–water partition coefficient (Wildman–Crippen LogP) is 3.11. The highest BCUT2D eigenvalue weighted by atomic mass is 19.1. The summed E-state index contributed by atoms with van der Waals surface area (Å²) in [6.07, 6.45) is 0.389. The summed E-state index contributed by atoms with van der Waals surface area (Å²) in [5.41, 5.74) is 0.822. The summed E-state index contributed by atoms with van der Waals surface area (Å²) in [6.45, 7) is 1.97. The molecule has 0 aromatic heterocycles. The van der Waals surface area contributed by atoms with Crippen LogP contribution >= 0.6 is 0 Å². The van der Waals surface area contributed by atoms with Gasteiger partial charge in [0.05, 0.1) is 6.54 Å². The Kier molecular flexibility index (Phi) is 6.37. The van der Waals surface area contributed by atoms with Crippen LogP contribution in [0.3, 0.4) is 0 Å². The molecule has 0 aliphatic heterocycles. The Labute approximate surface area is 138 Å². The Bertz CT molecular complexity index is 706. The van der Waals surface area contributed by atoms with Crippen molar-refractivity contribution in [2.75, 3.05) is 13.1 Å². The quantitative estimate of drug-likeness (QED) is 0.816. The largest absolute Gasteiger partial charge is 0.355 e. The fraction of sp³-hybridized carbons (Fsp3) is 0.278. The second-order valence-corrected chi connectivity index (χ2v) is 5.46. The van der Waals surface area contributed by atoms with Gasteiger partial charge < -0.3 is 10.6 Å². The van der Waals surface area contributed by atoms with Crippen LogP contribution in [0.5, 0.6) is 0 Å². The summed E-state index contributed by atoms with van der Waals surface area (Å²) in [5, 5.41) is 5.54. The zero-order chi connectivity index (χ0) is 17.5. The van der Waals surface area contributed by atoms with Gasteiger partial charge in [0, 0.05) is 24.2 Å². The molecular formula is C18H19F3N2O. The van der Waals surface area contributed by atoms with Gasteiger partial charge in [-0.2, -0.15) is 0 Å². The van der Waals surface area contributed by atoms with Gasteiger partial charge in [-0.25, -0.2) is 13.2 Å². The van der Waals surface area contributed by atoms with Crippen LogP contribution in [-0.4, -0.2) is 19.0 Å². The first-order valence-corrected chi connectivity index (χ1v) is 7.66. The van der Waals surface area contributed by atoms with Crippen molar-refractivity contribution in [2.45, 2.75) is 19.4 Å². The molecule has 2 aromatic carbocycles. The molecule has 1 atom stereocenters. The number of halogens is 3. The molecule has 0 aliphatic carbocycles. The number of hydrogen-bond acceptors (Lipinski definition) is 2. The van der Waals surface area contributed by atoms with Gasteiger partial charge in [-0.15, -0.1) is 0 Å². The summed E-state index contributed by atoms with van der Waals surface area (Å²) in [4.78, 5) is 11.8. The van der Waals surface area contributed by atoms with Crippen molar-refractivity contribution in [3.8, 4) is 0 Å². The van der Waals surface area contributed by atoms with E-state index in [-0.39, 0.29) is 23.8 Å². The summed E-state index contributed by atoms with van der Waals surface area (Å²) < 4.78 is 40.0. The van der Waals surface area contributed by atoms with E-state index in [0.717, 1.165) is 6.07 Å². The molecular weight excluding hydrogens is 317 g/mol. The zero-order valence-corrected chi connectivity index (χ0v) is 13.3. The van der Waals surface area contributed by atoms with Crippen LogP contribution in [0.2, 0.25) is 0 Å². The van der Waals surface area contributed by atoms with Gasteiger partial charge in [0.15, 0.2) is 0 Å². The molecule has 6 heteroatoms. The molecule has 0 saturated heterocycles. The SMILES string of the molecule is C[C@H](NCC(=O)NCCc1ccccc1F)c1ccc(F)cc1F. The van der Waals surface area contributed by atoms with E-state index in [4.69, 9.17) is 0 Å². The molecule has 0 radical (unpaired) electrons.